The number of nitrogens with zero attached hydrogens (tertiary/aromatic N) is 2. The normalized spacial score (nSPS) is 10.3. The van der Waals surface area contributed by atoms with E-state index in [-0.39, 0.29) is 44.4 Å². The van der Waals surface area contributed by atoms with Crippen molar-refractivity contribution < 1.29 is 4.74 Å². The van der Waals surface area contributed by atoms with Crippen molar-refractivity contribution in [3.8, 4) is 29.0 Å². The number of nitrogen functional groups attached to an aromatic ring is 1. The Bertz CT molecular complexity index is 929. The van der Waals surface area contributed by atoms with Crippen LogP contribution in [0.5, 0.6) is 5.75 Å². The highest BCUT2D eigenvalue weighted by molar-refractivity contribution is 6.37. The van der Waals surface area contributed by atoms with Crippen LogP contribution < -0.4 is 16.0 Å². The lowest BCUT2D eigenvalue weighted by molar-refractivity contribution is 0.243. The zero-order chi connectivity index (χ0) is 18.0. The summed E-state index contributed by atoms with van der Waals surface area (Å²) in [5.41, 5.74) is 5.13. The second-order valence-corrected chi connectivity index (χ2v) is 5.97. The van der Waals surface area contributed by atoms with Crippen LogP contribution in [-0.2, 0) is 0 Å². The molecule has 0 saturated carbocycles. The van der Waals surface area contributed by atoms with Crippen LogP contribution in [0.2, 0.25) is 10.0 Å². The first-order valence-corrected chi connectivity index (χ1v) is 7.57. The summed E-state index contributed by atoms with van der Waals surface area (Å²) in [6.45, 7) is 3.64. The van der Waals surface area contributed by atoms with Crippen molar-refractivity contribution in [2.45, 2.75) is 20.0 Å². The van der Waals surface area contributed by atoms with Gasteiger partial charge in [0.25, 0.3) is 5.56 Å². The minimum absolute atomic E-state index is 0.0317. The fraction of sp³-hybridized carbons (Fsp3) is 0.188. The fourth-order valence-electron chi connectivity index (χ4n) is 2.18. The van der Waals surface area contributed by atoms with E-state index in [4.69, 9.17) is 33.7 Å². The van der Waals surface area contributed by atoms with Crippen LogP contribution in [-0.4, -0.2) is 11.1 Å². The number of hydrogen-bond donors (Lipinski definition) is 2. The van der Waals surface area contributed by atoms with Gasteiger partial charge in [-0.05, 0) is 31.5 Å². The molecule has 0 spiro atoms. The Balaban J connectivity index is 2.82. The molecule has 1 aromatic heterocycles. The fourth-order valence-corrected chi connectivity index (χ4v) is 2.76. The Kier molecular flexibility index (Phi) is 5.04. The van der Waals surface area contributed by atoms with Crippen LogP contribution in [0.1, 0.15) is 25.0 Å². The highest BCUT2D eigenvalue weighted by Crippen LogP contribution is 2.39. The van der Waals surface area contributed by atoms with Crippen molar-refractivity contribution in [1.82, 2.24) is 4.98 Å². The Morgan fingerprint density at radius 3 is 2.17 bits per heavy atom. The summed E-state index contributed by atoms with van der Waals surface area (Å²) in [5, 5.41) is 19.0. The van der Waals surface area contributed by atoms with E-state index in [1.165, 1.54) is 12.1 Å². The molecular formula is C16H12Cl2N4O2. The molecule has 1 heterocycles. The standard InChI is InChI=1S/C16H12Cl2N4O2/c1-7(2)24-14-11(17)3-8(4-12(14)18)13-9(5-19)15(21)22-16(23)10(13)6-20/h3-4,7H,1-2H3,(H3,21,22,23). The topological polar surface area (TPSA) is 116 Å². The molecule has 0 aliphatic heterocycles. The van der Waals surface area contributed by atoms with E-state index in [9.17, 15) is 15.3 Å². The van der Waals surface area contributed by atoms with E-state index < -0.39 is 5.56 Å². The first-order valence-electron chi connectivity index (χ1n) is 6.82. The van der Waals surface area contributed by atoms with Crippen LogP contribution >= 0.6 is 23.2 Å². The van der Waals surface area contributed by atoms with Crippen molar-refractivity contribution in [2.75, 3.05) is 5.73 Å². The van der Waals surface area contributed by atoms with E-state index >= 15 is 0 Å². The number of benzene rings is 1. The van der Waals surface area contributed by atoms with Crippen molar-refractivity contribution in [2.24, 2.45) is 0 Å². The number of H-pyrrole nitrogens is 1. The van der Waals surface area contributed by atoms with Crippen LogP contribution in [0.25, 0.3) is 11.1 Å². The minimum atomic E-state index is -0.696. The molecule has 0 aliphatic carbocycles. The van der Waals surface area contributed by atoms with Gasteiger partial charge in [-0.3, -0.25) is 4.79 Å². The molecule has 0 saturated heterocycles. The summed E-state index contributed by atoms with van der Waals surface area (Å²) in [4.78, 5) is 14.2. The molecule has 8 heteroatoms. The number of nitriles is 2. The third-order valence-corrected chi connectivity index (χ3v) is 3.67. The number of aromatic amines is 1. The van der Waals surface area contributed by atoms with Crippen molar-refractivity contribution >= 4 is 29.0 Å². The zero-order valence-electron chi connectivity index (χ0n) is 12.8. The van der Waals surface area contributed by atoms with Gasteiger partial charge in [-0.25, -0.2) is 0 Å². The molecule has 122 valence electrons. The van der Waals surface area contributed by atoms with Gasteiger partial charge in [0.2, 0.25) is 0 Å². The van der Waals surface area contributed by atoms with Crippen molar-refractivity contribution in [3.63, 3.8) is 0 Å². The van der Waals surface area contributed by atoms with Crippen LogP contribution in [0, 0.1) is 22.7 Å². The Labute approximate surface area is 148 Å². The first kappa shape index (κ1) is 17.7. The molecule has 1 aromatic carbocycles. The average molecular weight is 363 g/mol. The smallest absolute Gasteiger partial charge is 0.268 e. The van der Waals surface area contributed by atoms with Gasteiger partial charge in [0.1, 0.15) is 29.1 Å². The number of pyridine rings is 1. The molecule has 0 unspecified atom stereocenters. The van der Waals surface area contributed by atoms with E-state index in [2.05, 4.69) is 4.98 Å². The van der Waals surface area contributed by atoms with Gasteiger partial charge in [-0.1, -0.05) is 23.2 Å². The molecule has 0 aliphatic rings. The summed E-state index contributed by atoms with van der Waals surface area (Å²) in [7, 11) is 0. The predicted octanol–water partition coefficient (Wildman–Crippen LogP) is 3.46. The second-order valence-electron chi connectivity index (χ2n) is 5.15. The summed E-state index contributed by atoms with van der Waals surface area (Å²) >= 11 is 12.4. The minimum Gasteiger partial charge on any atom is -0.488 e. The number of aromatic nitrogens is 1. The van der Waals surface area contributed by atoms with Crippen LogP contribution in [0.3, 0.4) is 0 Å². The predicted molar refractivity (Wildman–Crippen MR) is 92.1 cm³/mol. The highest BCUT2D eigenvalue weighted by atomic mass is 35.5. The van der Waals surface area contributed by atoms with Gasteiger partial charge < -0.3 is 15.5 Å². The number of nitrogens with two attached hydrogens (primary N) is 1. The van der Waals surface area contributed by atoms with E-state index in [0.717, 1.165) is 0 Å². The molecule has 0 radical (unpaired) electrons. The number of nitrogens with one attached hydrogen (secondary N) is 1. The SMILES string of the molecule is CC(C)Oc1c(Cl)cc(-c2c(C#N)c(N)[nH]c(=O)c2C#N)cc1Cl. The third-order valence-electron chi connectivity index (χ3n) is 3.11. The van der Waals surface area contributed by atoms with Gasteiger partial charge in [0.15, 0.2) is 5.75 Å². The largest absolute Gasteiger partial charge is 0.488 e. The second kappa shape index (κ2) is 6.84. The lowest BCUT2D eigenvalue weighted by atomic mass is 9.96. The van der Waals surface area contributed by atoms with Crippen molar-refractivity contribution in [3.05, 3.63) is 43.7 Å². The molecule has 0 atom stereocenters. The van der Waals surface area contributed by atoms with Gasteiger partial charge in [-0.15, -0.1) is 0 Å². The molecule has 0 amide bonds. The molecular weight excluding hydrogens is 351 g/mol. The number of anilines is 1. The lowest BCUT2D eigenvalue weighted by Gasteiger charge is -2.15. The Morgan fingerprint density at radius 1 is 1.17 bits per heavy atom. The van der Waals surface area contributed by atoms with Gasteiger partial charge in [-0.2, -0.15) is 10.5 Å². The summed E-state index contributed by atoms with van der Waals surface area (Å²) in [6.07, 6.45) is -0.148. The summed E-state index contributed by atoms with van der Waals surface area (Å²) in [6, 6.07) is 6.62. The quantitative estimate of drug-likeness (QED) is 0.866. The summed E-state index contributed by atoms with van der Waals surface area (Å²) < 4.78 is 5.54. The monoisotopic (exact) mass is 362 g/mol. The molecule has 24 heavy (non-hydrogen) atoms. The molecule has 2 rings (SSSR count). The number of ether oxygens (including phenoxy) is 1. The number of halogens is 2. The van der Waals surface area contributed by atoms with E-state index in [1.807, 2.05) is 19.9 Å². The van der Waals surface area contributed by atoms with Gasteiger partial charge in [0.05, 0.1) is 16.1 Å². The molecule has 3 N–H and O–H groups in total. The Morgan fingerprint density at radius 2 is 1.71 bits per heavy atom. The lowest BCUT2D eigenvalue weighted by Crippen LogP contribution is -2.16. The van der Waals surface area contributed by atoms with E-state index in [1.54, 1.807) is 6.07 Å². The van der Waals surface area contributed by atoms with Gasteiger partial charge in [0, 0.05) is 5.56 Å². The average Bonchev–Trinajstić information content (AvgIpc) is 2.49. The zero-order valence-corrected chi connectivity index (χ0v) is 14.3. The van der Waals surface area contributed by atoms with Crippen LogP contribution in [0.4, 0.5) is 5.82 Å². The third kappa shape index (κ3) is 3.16. The highest BCUT2D eigenvalue weighted by Gasteiger charge is 2.21. The first-order chi connectivity index (χ1) is 11.3. The number of hydrogen-bond acceptors (Lipinski definition) is 5. The maximum atomic E-state index is 12.0. The molecule has 2 aromatic rings. The van der Waals surface area contributed by atoms with Crippen molar-refractivity contribution in [1.29, 1.82) is 10.5 Å². The molecule has 6 nitrogen and oxygen atoms in total. The summed E-state index contributed by atoms with van der Waals surface area (Å²) in [5.74, 6) is 0.151. The molecule has 0 bridgehead atoms. The maximum Gasteiger partial charge on any atom is 0.268 e. The van der Waals surface area contributed by atoms with E-state index in [0.29, 0.717) is 5.56 Å². The van der Waals surface area contributed by atoms with Crippen LogP contribution in [0.15, 0.2) is 16.9 Å². The van der Waals surface area contributed by atoms with Gasteiger partial charge >= 0.3 is 0 Å². The Hall–Kier alpha value is -2.67. The number of rotatable bonds is 3. The molecule has 0 fully saturated rings. The maximum absolute atomic E-state index is 12.0.